The van der Waals surface area contributed by atoms with Crippen molar-refractivity contribution in [2.45, 2.75) is 43.4 Å². The van der Waals surface area contributed by atoms with Crippen LogP contribution >= 0.6 is 11.8 Å². The van der Waals surface area contributed by atoms with Gasteiger partial charge in [0.2, 0.25) is 0 Å². The van der Waals surface area contributed by atoms with Crippen molar-refractivity contribution >= 4 is 29.3 Å². The number of pyridine rings is 1. The minimum absolute atomic E-state index is 0.0861. The van der Waals surface area contributed by atoms with Crippen molar-refractivity contribution in [2.75, 3.05) is 11.6 Å². The lowest BCUT2D eigenvalue weighted by molar-refractivity contribution is -0.116. The van der Waals surface area contributed by atoms with E-state index >= 15 is 0 Å². The van der Waals surface area contributed by atoms with E-state index < -0.39 is 5.92 Å². The number of hydrogen-bond donors (Lipinski definition) is 2. The van der Waals surface area contributed by atoms with Crippen molar-refractivity contribution < 1.29 is 9.59 Å². The van der Waals surface area contributed by atoms with Crippen LogP contribution in [0.5, 0.6) is 0 Å². The van der Waals surface area contributed by atoms with Gasteiger partial charge in [-0.2, -0.15) is 0 Å². The minimum Gasteiger partial charge on any atom is -0.362 e. The molecule has 1 aliphatic heterocycles. The lowest BCUT2D eigenvalue weighted by atomic mass is 9.71. The number of aromatic nitrogens is 1. The van der Waals surface area contributed by atoms with Crippen LogP contribution in [0.3, 0.4) is 0 Å². The zero-order valence-electron chi connectivity index (χ0n) is 20.7. The van der Waals surface area contributed by atoms with Crippen LogP contribution in [0, 0.1) is 6.92 Å². The first-order chi connectivity index (χ1) is 17.4. The number of carbonyl (C=O) groups excluding carboxylic acids is 2. The van der Waals surface area contributed by atoms with Crippen molar-refractivity contribution in [3.05, 3.63) is 112 Å². The largest absolute Gasteiger partial charge is 0.362 e. The Kier molecular flexibility index (Phi) is 6.79. The number of carbonyl (C=O) groups is 2. The van der Waals surface area contributed by atoms with Gasteiger partial charge in [0, 0.05) is 45.5 Å². The molecular weight excluding hydrogens is 466 g/mol. The Morgan fingerprint density at radius 2 is 1.69 bits per heavy atom. The van der Waals surface area contributed by atoms with Gasteiger partial charge in [-0.25, -0.2) is 4.98 Å². The van der Waals surface area contributed by atoms with E-state index in [1.54, 1.807) is 17.8 Å². The fourth-order valence-corrected chi connectivity index (χ4v) is 5.64. The number of allylic oxidation sites excluding steroid dienone is 3. The van der Waals surface area contributed by atoms with Crippen molar-refractivity contribution in [3.8, 4) is 0 Å². The number of hydrogen-bond acceptors (Lipinski definition) is 5. The van der Waals surface area contributed by atoms with Gasteiger partial charge in [0.25, 0.3) is 5.91 Å². The van der Waals surface area contributed by atoms with Gasteiger partial charge in [-0.3, -0.25) is 9.59 Å². The fourth-order valence-electron chi connectivity index (χ4n) is 5.23. The maximum absolute atomic E-state index is 13.7. The standard InChI is InChI=1S/C30H29N3O2S/c1-18-8-7-11-26(31-18)33-30(35)27-19(2)32-24-16-22(20-9-5-4-6-10-20)17-25(34)29(24)28(27)21-12-14-23(36-3)15-13-21/h4-15,22,28,32H,16-17H2,1-3H3,(H,31,33,35)/t22-,28+/m0/s1. The molecule has 0 saturated carbocycles. The molecule has 0 bridgehead atoms. The maximum Gasteiger partial charge on any atom is 0.255 e. The van der Waals surface area contributed by atoms with E-state index in [0.29, 0.717) is 23.4 Å². The van der Waals surface area contributed by atoms with Crippen LogP contribution in [0.4, 0.5) is 5.82 Å². The summed E-state index contributed by atoms with van der Waals surface area (Å²) in [6, 6.07) is 23.9. The summed E-state index contributed by atoms with van der Waals surface area (Å²) < 4.78 is 0. The quantitative estimate of drug-likeness (QED) is 0.418. The van der Waals surface area contributed by atoms with E-state index in [-0.39, 0.29) is 17.6 Å². The lowest BCUT2D eigenvalue weighted by Crippen LogP contribution is -2.37. The third-order valence-electron chi connectivity index (χ3n) is 6.92. The SMILES string of the molecule is CSc1ccc([C@@H]2C(C(=O)Nc3cccc(C)n3)=C(C)NC3=C2C(=O)C[C@@H](c2ccccc2)C3)cc1. The molecule has 2 N–H and O–H groups in total. The molecule has 6 heteroatoms. The normalized spacial score (nSPS) is 19.6. The second kappa shape index (κ2) is 10.2. The number of nitrogens with one attached hydrogen (secondary N) is 2. The number of rotatable bonds is 5. The molecule has 0 radical (unpaired) electrons. The third-order valence-corrected chi connectivity index (χ3v) is 7.67. The van der Waals surface area contributed by atoms with Crippen molar-refractivity contribution in [1.82, 2.24) is 10.3 Å². The summed E-state index contributed by atoms with van der Waals surface area (Å²) in [6.07, 6.45) is 3.19. The molecule has 5 nitrogen and oxygen atoms in total. The van der Waals surface area contributed by atoms with E-state index in [9.17, 15) is 9.59 Å². The summed E-state index contributed by atoms with van der Waals surface area (Å²) in [5, 5.41) is 6.42. The van der Waals surface area contributed by atoms with Crippen LogP contribution in [0.25, 0.3) is 0 Å². The Labute approximate surface area is 216 Å². The van der Waals surface area contributed by atoms with Gasteiger partial charge in [-0.05, 0) is 67.8 Å². The molecule has 5 rings (SSSR count). The highest BCUT2D eigenvalue weighted by Gasteiger charge is 2.40. The van der Waals surface area contributed by atoms with Crippen molar-refractivity contribution in [3.63, 3.8) is 0 Å². The van der Waals surface area contributed by atoms with Crippen LogP contribution in [0.1, 0.15) is 48.4 Å². The highest BCUT2D eigenvalue weighted by Crippen LogP contribution is 2.45. The first-order valence-electron chi connectivity index (χ1n) is 12.1. The highest BCUT2D eigenvalue weighted by atomic mass is 32.2. The first kappa shape index (κ1) is 24.1. The number of anilines is 1. The van der Waals surface area contributed by atoms with E-state index in [4.69, 9.17) is 0 Å². The lowest BCUT2D eigenvalue weighted by Gasteiger charge is -2.37. The van der Waals surface area contributed by atoms with Gasteiger partial charge in [-0.15, -0.1) is 11.8 Å². The number of dihydropyridines is 1. The third kappa shape index (κ3) is 4.73. The molecule has 1 amide bonds. The van der Waals surface area contributed by atoms with Gasteiger partial charge in [0.1, 0.15) is 5.82 Å². The zero-order chi connectivity index (χ0) is 25.2. The topological polar surface area (TPSA) is 71.1 Å². The molecule has 0 unspecified atom stereocenters. The monoisotopic (exact) mass is 495 g/mol. The second-order valence-corrected chi connectivity index (χ2v) is 10.2. The average molecular weight is 496 g/mol. The van der Waals surface area contributed by atoms with Gasteiger partial charge >= 0.3 is 0 Å². The number of thioether (sulfide) groups is 1. The van der Waals surface area contributed by atoms with E-state index in [0.717, 1.165) is 39.5 Å². The minimum atomic E-state index is -0.439. The average Bonchev–Trinajstić information content (AvgIpc) is 2.88. The fraction of sp³-hybridized carbons (Fsp3) is 0.233. The number of ketones is 1. The molecule has 2 aromatic carbocycles. The number of nitrogens with zero attached hydrogens (tertiary/aromatic N) is 1. The summed E-state index contributed by atoms with van der Waals surface area (Å²) in [6.45, 7) is 3.81. The summed E-state index contributed by atoms with van der Waals surface area (Å²) in [7, 11) is 0. The molecule has 1 aromatic heterocycles. The van der Waals surface area contributed by atoms with E-state index in [1.807, 2.05) is 62.6 Å². The first-order valence-corrected chi connectivity index (χ1v) is 13.3. The highest BCUT2D eigenvalue weighted by molar-refractivity contribution is 7.98. The second-order valence-electron chi connectivity index (χ2n) is 9.32. The van der Waals surface area contributed by atoms with Crippen LogP contribution in [0.2, 0.25) is 0 Å². The molecule has 182 valence electrons. The van der Waals surface area contributed by atoms with E-state index in [2.05, 4.69) is 39.9 Å². The predicted molar refractivity (Wildman–Crippen MR) is 145 cm³/mol. The number of benzene rings is 2. The molecule has 0 saturated heterocycles. The molecule has 1 aliphatic carbocycles. The Hall–Kier alpha value is -3.64. The summed E-state index contributed by atoms with van der Waals surface area (Å²) in [5.74, 6) is 0.00981. The molecule has 3 aromatic rings. The predicted octanol–water partition coefficient (Wildman–Crippen LogP) is 6.11. The van der Waals surface area contributed by atoms with Crippen molar-refractivity contribution in [1.29, 1.82) is 0 Å². The molecule has 36 heavy (non-hydrogen) atoms. The van der Waals surface area contributed by atoms with Crippen LogP contribution in [-0.2, 0) is 9.59 Å². The molecule has 2 aliphatic rings. The van der Waals surface area contributed by atoms with E-state index in [1.165, 1.54) is 0 Å². The van der Waals surface area contributed by atoms with Crippen molar-refractivity contribution in [2.24, 2.45) is 0 Å². The van der Waals surface area contributed by atoms with Gasteiger partial charge in [-0.1, -0.05) is 48.5 Å². The Morgan fingerprint density at radius 1 is 0.944 bits per heavy atom. The molecule has 2 heterocycles. The zero-order valence-corrected chi connectivity index (χ0v) is 21.5. The molecule has 0 spiro atoms. The Balaban J connectivity index is 1.56. The van der Waals surface area contributed by atoms with Crippen LogP contribution in [-0.4, -0.2) is 22.9 Å². The van der Waals surface area contributed by atoms with Crippen LogP contribution < -0.4 is 10.6 Å². The number of Topliss-reactive ketones (excluding diaryl/α,β-unsaturated/α-hetero) is 1. The summed E-state index contributed by atoms with van der Waals surface area (Å²) in [4.78, 5) is 33.0. The summed E-state index contributed by atoms with van der Waals surface area (Å²) >= 11 is 1.67. The molecule has 0 fully saturated rings. The Bertz CT molecular complexity index is 1380. The number of aryl methyl sites for hydroxylation is 1. The van der Waals surface area contributed by atoms with Gasteiger partial charge in [0.05, 0.1) is 0 Å². The maximum atomic E-state index is 13.7. The number of amides is 1. The Morgan fingerprint density at radius 3 is 2.39 bits per heavy atom. The smallest absolute Gasteiger partial charge is 0.255 e. The van der Waals surface area contributed by atoms with Gasteiger partial charge in [0.15, 0.2) is 5.78 Å². The van der Waals surface area contributed by atoms with Crippen LogP contribution in [0.15, 0.2) is 100 Å². The molecule has 2 atom stereocenters. The molecular formula is C30H29N3O2S. The van der Waals surface area contributed by atoms with Gasteiger partial charge < -0.3 is 10.6 Å². The summed E-state index contributed by atoms with van der Waals surface area (Å²) in [5.41, 5.74) is 5.86.